The molecule has 6 heteroatoms. The summed E-state index contributed by atoms with van der Waals surface area (Å²) in [4.78, 5) is 14.9. The molecule has 1 heterocycles. The highest BCUT2D eigenvalue weighted by Crippen LogP contribution is 2.31. The second-order valence-corrected chi connectivity index (χ2v) is 3.96. The van der Waals surface area contributed by atoms with E-state index in [4.69, 9.17) is 5.73 Å². The SMILES string of the molecule is Cc1cnc(NCCN)c2cccc([N+](=O)[O-])c12. The predicted octanol–water partition coefficient (Wildman–Crippen LogP) is 1.82. The topological polar surface area (TPSA) is 94.1 Å². The molecule has 3 N–H and O–H groups in total. The first-order valence-corrected chi connectivity index (χ1v) is 5.62. The summed E-state index contributed by atoms with van der Waals surface area (Å²) in [5, 5.41) is 15.5. The van der Waals surface area contributed by atoms with Crippen LogP contribution in [0.4, 0.5) is 11.5 Å². The minimum Gasteiger partial charge on any atom is -0.368 e. The average molecular weight is 246 g/mol. The van der Waals surface area contributed by atoms with Crippen molar-refractivity contribution < 1.29 is 4.92 Å². The first-order chi connectivity index (χ1) is 8.65. The monoisotopic (exact) mass is 246 g/mol. The fourth-order valence-electron chi connectivity index (χ4n) is 1.93. The van der Waals surface area contributed by atoms with Gasteiger partial charge in [-0.05, 0) is 12.5 Å². The van der Waals surface area contributed by atoms with E-state index in [1.165, 1.54) is 6.07 Å². The van der Waals surface area contributed by atoms with Gasteiger partial charge in [-0.25, -0.2) is 4.98 Å². The molecule has 2 aromatic rings. The minimum atomic E-state index is -0.373. The summed E-state index contributed by atoms with van der Waals surface area (Å²) in [5.74, 6) is 0.629. The normalized spacial score (nSPS) is 10.6. The maximum atomic E-state index is 11.0. The van der Waals surface area contributed by atoms with E-state index in [0.29, 0.717) is 24.3 Å². The second-order valence-electron chi connectivity index (χ2n) is 3.96. The van der Waals surface area contributed by atoms with Gasteiger partial charge in [0.15, 0.2) is 0 Å². The van der Waals surface area contributed by atoms with Crippen LogP contribution in [0.15, 0.2) is 24.4 Å². The first kappa shape index (κ1) is 12.3. The van der Waals surface area contributed by atoms with Gasteiger partial charge in [-0.1, -0.05) is 12.1 Å². The van der Waals surface area contributed by atoms with Crippen molar-refractivity contribution in [2.24, 2.45) is 5.73 Å². The summed E-state index contributed by atoms with van der Waals surface area (Å²) in [6.45, 7) is 2.87. The predicted molar refractivity (Wildman–Crippen MR) is 70.7 cm³/mol. The summed E-state index contributed by atoms with van der Waals surface area (Å²) < 4.78 is 0. The van der Waals surface area contributed by atoms with Crippen molar-refractivity contribution in [1.82, 2.24) is 4.98 Å². The second kappa shape index (κ2) is 4.97. The molecular formula is C12H14N4O2. The van der Waals surface area contributed by atoms with Gasteiger partial charge in [-0.2, -0.15) is 0 Å². The van der Waals surface area contributed by atoms with Crippen LogP contribution in [0.5, 0.6) is 0 Å². The van der Waals surface area contributed by atoms with Gasteiger partial charge in [0.25, 0.3) is 5.69 Å². The molecule has 0 unspecified atom stereocenters. The molecule has 0 aliphatic heterocycles. The number of benzene rings is 1. The fraction of sp³-hybridized carbons (Fsp3) is 0.250. The van der Waals surface area contributed by atoms with Crippen LogP contribution < -0.4 is 11.1 Å². The maximum absolute atomic E-state index is 11.0. The molecule has 0 saturated carbocycles. The van der Waals surface area contributed by atoms with E-state index in [2.05, 4.69) is 10.3 Å². The van der Waals surface area contributed by atoms with Crippen LogP contribution in [0.2, 0.25) is 0 Å². The Labute approximate surface area is 104 Å². The molecule has 0 bridgehead atoms. The van der Waals surface area contributed by atoms with Crippen molar-refractivity contribution in [2.75, 3.05) is 18.4 Å². The number of fused-ring (bicyclic) bond motifs is 1. The Bertz CT molecular complexity index is 598. The van der Waals surface area contributed by atoms with Gasteiger partial charge in [-0.3, -0.25) is 10.1 Å². The Morgan fingerprint density at radius 2 is 2.28 bits per heavy atom. The number of nitrogens with one attached hydrogen (secondary N) is 1. The Morgan fingerprint density at radius 3 is 2.94 bits per heavy atom. The lowest BCUT2D eigenvalue weighted by molar-refractivity contribution is -0.383. The van der Waals surface area contributed by atoms with Crippen molar-refractivity contribution >= 4 is 22.3 Å². The van der Waals surface area contributed by atoms with E-state index in [9.17, 15) is 10.1 Å². The molecule has 0 aliphatic carbocycles. The lowest BCUT2D eigenvalue weighted by Gasteiger charge is -2.09. The summed E-state index contributed by atoms with van der Waals surface area (Å²) in [6, 6.07) is 4.98. The Balaban J connectivity index is 2.67. The zero-order valence-corrected chi connectivity index (χ0v) is 10.0. The van der Waals surface area contributed by atoms with Gasteiger partial charge in [-0.15, -0.1) is 0 Å². The van der Waals surface area contributed by atoms with Gasteiger partial charge in [0, 0.05) is 30.7 Å². The van der Waals surface area contributed by atoms with Crippen molar-refractivity contribution in [1.29, 1.82) is 0 Å². The fourth-order valence-corrected chi connectivity index (χ4v) is 1.93. The van der Waals surface area contributed by atoms with Crippen molar-refractivity contribution in [3.63, 3.8) is 0 Å². The minimum absolute atomic E-state index is 0.100. The molecule has 0 atom stereocenters. The average Bonchev–Trinajstić information content (AvgIpc) is 2.37. The molecule has 0 aliphatic rings. The number of aryl methyl sites for hydroxylation is 1. The van der Waals surface area contributed by atoms with Crippen LogP contribution in [0.25, 0.3) is 10.8 Å². The Morgan fingerprint density at radius 1 is 1.50 bits per heavy atom. The highest BCUT2D eigenvalue weighted by molar-refractivity contribution is 5.99. The number of hydrogen-bond donors (Lipinski definition) is 2. The lowest BCUT2D eigenvalue weighted by Crippen LogP contribution is -2.14. The maximum Gasteiger partial charge on any atom is 0.277 e. The number of nitro groups is 1. The van der Waals surface area contributed by atoms with E-state index in [0.717, 1.165) is 10.9 Å². The third-order valence-electron chi connectivity index (χ3n) is 2.71. The molecule has 0 fully saturated rings. The van der Waals surface area contributed by atoms with E-state index in [1.54, 1.807) is 12.3 Å². The largest absolute Gasteiger partial charge is 0.368 e. The number of aromatic nitrogens is 1. The van der Waals surface area contributed by atoms with Crippen molar-refractivity contribution in [2.45, 2.75) is 6.92 Å². The van der Waals surface area contributed by atoms with Crippen LogP contribution in [-0.4, -0.2) is 23.0 Å². The summed E-state index contributed by atoms with van der Waals surface area (Å²) in [7, 11) is 0. The van der Waals surface area contributed by atoms with Gasteiger partial charge < -0.3 is 11.1 Å². The van der Waals surface area contributed by atoms with Gasteiger partial charge in [0.2, 0.25) is 0 Å². The Kier molecular flexibility index (Phi) is 3.38. The van der Waals surface area contributed by atoms with Crippen LogP contribution in [0.1, 0.15) is 5.56 Å². The van der Waals surface area contributed by atoms with Crippen LogP contribution in [0, 0.1) is 17.0 Å². The molecule has 18 heavy (non-hydrogen) atoms. The van der Waals surface area contributed by atoms with E-state index >= 15 is 0 Å². The lowest BCUT2D eigenvalue weighted by atomic mass is 10.1. The highest BCUT2D eigenvalue weighted by atomic mass is 16.6. The molecule has 2 rings (SSSR count). The molecule has 0 radical (unpaired) electrons. The van der Waals surface area contributed by atoms with Crippen LogP contribution >= 0.6 is 0 Å². The summed E-state index contributed by atoms with van der Waals surface area (Å²) in [5.41, 5.74) is 6.32. The molecule has 1 aromatic heterocycles. The standard InChI is InChI=1S/C12H14N4O2/c1-8-7-15-12(14-6-5-13)9-3-2-4-10(11(8)9)16(17)18/h2-4,7H,5-6,13H2,1H3,(H,14,15). The number of anilines is 1. The molecule has 1 aromatic carbocycles. The molecule has 0 saturated heterocycles. The van der Waals surface area contributed by atoms with E-state index in [-0.39, 0.29) is 10.6 Å². The highest BCUT2D eigenvalue weighted by Gasteiger charge is 2.15. The van der Waals surface area contributed by atoms with Gasteiger partial charge >= 0.3 is 0 Å². The molecule has 0 amide bonds. The number of pyridine rings is 1. The summed E-state index contributed by atoms with van der Waals surface area (Å²) in [6.07, 6.45) is 1.63. The first-order valence-electron chi connectivity index (χ1n) is 5.62. The number of nitro benzene ring substituents is 1. The van der Waals surface area contributed by atoms with Crippen LogP contribution in [-0.2, 0) is 0 Å². The zero-order chi connectivity index (χ0) is 13.1. The smallest absolute Gasteiger partial charge is 0.277 e. The molecule has 6 nitrogen and oxygen atoms in total. The number of hydrogen-bond acceptors (Lipinski definition) is 5. The Hall–Kier alpha value is -2.21. The van der Waals surface area contributed by atoms with Crippen molar-refractivity contribution in [3.05, 3.63) is 40.1 Å². The quantitative estimate of drug-likeness (QED) is 0.634. The van der Waals surface area contributed by atoms with E-state index < -0.39 is 0 Å². The number of rotatable bonds is 4. The number of nitrogens with zero attached hydrogens (tertiary/aromatic N) is 2. The van der Waals surface area contributed by atoms with Crippen molar-refractivity contribution in [3.8, 4) is 0 Å². The number of non-ortho nitro benzene ring substituents is 1. The molecular weight excluding hydrogens is 232 g/mol. The van der Waals surface area contributed by atoms with E-state index in [1.807, 2.05) is 13.0 Å². The third kappa shape index (κ3) is 2.10. The zero-order valence-electron chi connectivity index (χ0n) is 10.0. The third-order valence-corrected chi connectivity index (χ3v) is 2.71. The summed E-state index contributed by atoms with van der Waals surface area (Å²) >= 11 is 0. The molecule has 94 valence electrons. The van der Waals surface area contributed by atoms with Gasteiger partial charge in [0.1, 0.15) is 5.82 Å². The molecule has 0 spiro atoms. The van der Waals surface area contributed by atoms with Gasteiger partial charge in [0.05, 0.1) is 10.3 Å². The van der Waals surface area contributed by atoms with Crippen LogP contribution in [0.3, 0.4) is 0 Å². The number of nitrogens with two attached hydrogens (primary N) is 1.